The molecular formula is C16H23N. The van der Waals surface area contributed by atoms with Gasteiger partial charge >= 0.3 is 0 Å². The summed E-state index contributed by atoms with van der Waals surface area (Å²) in [5, 5.41) is 3.37. The van der Waals surface area contributed by atoms with Crippen LogP contribution < -0.4 is 5.32 Å². The van der Waals surface area contributed by atoms with Crippen LogP contribution in [-0.4, -0.2) is 6.04 Å². The second-order valence-corrected chi connectivity index (χ2v) is 5.65. The van der Waals surface area contributed by atoms with E-state index in [2.05, 4.69) is 63.2 Å². The molecule has 17 heavy (non-hydrogen) atoms. The zero-order valence-corrected chi connectivity index (χ0v) is 11.5. The molecule has 1 N–H and O–H groups in total. The number of nitrogens with one attached hydrogen (secondary N) is 1. The van der Waals surface area contributed by atoms with Gasteiger partial charge in [-0.3, -0.25) is 5.32 Å². The van der Waals surface area contributed by atoms with E-state index in [-0.39, 0.29) is 17.5 Å². The minimum atomic E-state index is 0.104. The fourth-order valence-corrected chi connectivity index (χ4v) is 1.79. The Hall–Kier alpha value is -1.26. The third kappa shape index (κ3) is 3.91. The summed E-state index contributed by atoms with van der Waals surface area (Å²) >= 11 is 0. The van der Waals surface area contributed by atoms with Crippen molar-refractivity contribution in [1.29, 1.82) is 0 Å². The molecule has 0 saturated heterocycles. The third-order valence-corrected chi connectivity index (χ3v) is 3.03. The van der Waals surface area contributed by atoms with Crippen LogP contribution in [0.2, 0.25) is 0 Å². The van der Waals surface area contributed by atoms with Gasteiger partial charge in [-0.25, -0.2) is 0 Å². The topological polar surface area (TPSA) is 12.0 Å². The normalized spacial score (nSPS) is 15.1. The Morgan fingerprint density at radius 2 is 1.65 bits per heavy atom. The molecule has 0 aliphatic rings. The Balaban J connectivity index is 2.78. The average molecular weight is 229 g/mol. The first-order valence-corrected chi connectivity index (χ1v) is 6.17. The molecular weight excluding hydrogens is 206 g/mol. The number of terminal acetylenes is 1. The van der Waals surface area contributed by atoms with Gasteiger partial charge in [0.05, 0.1) is 6.04 Å². The molecule has 2 unspecified atom stereocenters. The van der Waals surface area contributed by atoms with E-state index in [0.717, 1.165) is 0 Å². The Kier molecular flexibility index (Phi) is 4.37. The van der Waals surface area contributed by atoms with Crippen LogP contribution in [0, 0.1) is 12.3 Å². The summed E-state index contributed by atoms with van der Waals surface area (Å²) < 4.78 is 0. The van der Waals surface area contributed by atoms with Crippen LogP contribution in [0.25, 0.3) is 0 Å². The molecule has 0 aliphatic carbocycles. The lowest BCUT2D eigenvalue weighted by atomic mass is 9.86. The van der Waals surface area contributed by atoms with Crippen molar-refractivity contribution >= 4 is 0 Å². The first-order chi connectivity index (χ1) is 7.84. The van der Waals surface area contributed by atoms with Gasteiger partial charge in [-0.2, -0.15) is 0 Å². The molecule has 1 nitrogen and oxygen atoms in total. The van der Waals surface area contributed by atoms with Crippen LogP contribution in [0.1, 0.15) is 51.8 Å². The van der Waals surface area contributed by atoms with E-state index in [4.69, 9.17) is 6.42 Å². The van der Waals surface area contributed by atoms with Gasteiger partial charge in [0.25, 0.3) is 0 Å². The van der Waals surface area contributed by atoms with Crippen molar-refractivity contribution in [2.24, 2.45) is 0 Å². The summed E-state index contributed by atoms with van der Waals surface area (Å²) in [6.07, 6.45) is 5.37. The molecule has 1 rings (SSSR count). The largest absolute Gasteiger partial charge is 0.297 e. The number of rotatable bonds is 3. The van der Waals surface area contributed by atoms with Crippen LogP contribution in [0.5, 0.6) is 0 Å². The molecule has 0 heterocycles. The summed E-state index contributed by atoms with van der Waals surface area (Å²) in [4.78, 5) is 0. The van der Waals surface area contributed by atoms with E-state index in [9.17, 15) is 0 Å². The highest BCUT2D eigenvalue weighted by Gasteiger charge is 2.14. The minimum Gasteiger partial charge on any atom is -0.297 e. The predicted molar refractivity (Wildman–Crippen MR) is 75.0 cm³/mol. The lowest BCUT2D eigenvalue weighted by Gasteiger charge is -2.21. The van der Waals surface area contributed by atoms with Gasteiger partial charge in [0.1, 0.15) is 0 Å². The SMILES string of the molecule is C#CC(C)NC(C)c1ccc(C(C)(C)C)cc1. The van der Waals surface area contributed by atoms with Crippen molar-refractivity contribution < 1.29 is 0 Å². The second-order valence-electron chi connectivity index (χ2n) is 5.65. The zero-order valence-electron chi connectivity index (χ0n) is 11.5. The van der Waals surface area contributed by atoms with Gasteiger partial charge < -0.3 is 0 Å². The lowest BCUT2D eigenvalue weighted by molar-refractivity contribution is 0.544. The Labute approximate surface area is 106 Å². The first-order valence-electron chi connectivity index (χ1n) is 6.17. The zero-order chi connectivity index (χ0) is 13.1. The summed E-state index contributed by atoms with van der Waals surface area (Å²) in [7, 11) is 0. The molecule has 1 heteroatoms. The van der Waals surface area contributed by atoms with Gasteiger partial charge in [-0.05, 0) is 30.4 Å². The molecule has 0 spiro atoms. The van der Waals surface area contributed by atoms with E-state index in [0.29, 0.717) is 0 Å². The highest BCUT2D eigenvalue weighted by Crippen LogP contribution is 2.23. The summed E-state index contributed by atoms with van der Waals surface area (Å²) in [5.74, 6) is 2.69. The molecule has 92 valence electrons. The molecule has 1 aromatic rings. The van der Waals surface area contributed by atoms with Crippen LogP contribution in [0.15, 0.2) is 24.3 Å². The maximum absolute atomic E-state index is 5.37. The summed E-state index contributed by atoms with van der Waals surface area (Å²) in [5.41, 5.74) is 2.85. The van der Waals surface area contributed by atoms with Crippen LogP contribution in [0.4, 0.5) is 0 Å². The van der Waals surface area contributed by atoms with Gasteiger partial charge in [-0.15, -0.1) is 6.42 Å². The monoisotopic (exact) mass is 229 g/mol. The average Bonchev–Trinajstić information content (AvgIpc) is 2.27. The van der Waals surface area contributed by atoms with Crippen LogP contribution in [0.3, 0.4) is 0 Å². The number of hydrogen-bond donors (Lipinski definition) is 1. The second kappa shape index (κ2) is 5.38. The van der Waals surface area contributed by atoms with Crippen molar-refractivity contribution in [3.05, 3.63) is 35.4 Å². The van der Waals surface area contributed by atoms with Crippen LogP contribution >= 0.6 is 0 Å². The summed E-state index contributed by atoms with van der Waals surface area (Å²) in [6.45, 7) is 10.8. The molecule has 0 radical (unpaired) electrons. The van der Waals surface area contributed by atoms with E-state index in [1.807, 2.05) is 6.92 Å². The third-order valence-electron chi connectivity index (χ3n) is 3.03. The molecule has 2 atom stereocenters. The molecule has 0 aliphatic heterocycles. The highest BCUT2D eigenvalue weighted by molar-refractivity contribution is 5.29. The van der Waals surface area contributed by atoms with Gasteiger partial charge in [0.2, 0.25) is 0 Å². The number of benzene rings is 1. The molecule has 0 amide bonds. The molecule has 1 aromatic carbocycles. The first kappa shape index (κ1) is 13.8. The van der Waals surface area contributed by atoms with E-state index in [1.165, 1.54) is 11.1 Å². The van der Waals surface area contributed by atoms with E-state index >= 15 is 0 Å². The van der Waals surface area contributed by atoms with Crippen molar-refractivity contribution in [3.8, 4) is 12.3 Å². The lowest BCUT2D eigenvalue weighted by Crippen LogP contribution is -2.27. The van der Waals surface area contributed by atoms with Crippen molar-refractivity contribution in [3.63, 3.8) is 0 Å². The number of hydrogen-bond acceptors (Lipinski definition) is 1. The maximum Gasteiger partial charge on any atom is 0.0662 e. The Morgan fingerprint density at radius 1 is 1.12 bits per heavy atom. The standard InChI is InChI=1S/C16H23N/c1-7-12(2)17-13(3)14-8-10-15(11-9-14)16(4,5)6/h1,8-13,17H,2-6H3. The Morgan fingerprint density at radius 3 is 2.06 bits per heavy atom. The van der Waals surface area contributed by atoms with Crippen LogP contribution in [-0.2, 0) is 5.41 Å². The fourth-order valence-electron chi connectivity index (χ4n) is 1.79. The van der Waals surface area contributed by atoms with Gasteiger partial charge in [0, 0.05) is 6.04 Å². The molecule has 0 aromatic heterocycles. The molecule has 0 saturated carbocycles. The van der Waals surface area contributed by atoms with Crippen molar-refractivity contribution in [2.75, 3.05) is 0 Å². The highest BCUT2D eigenvalue weighted by atomic mass is 14.9. The Bertz CT molecular complexity index is 389. The van der Waals surface area contributed by atoms with E-state index < -0.39 is 0 Å². The van der Waals surface area contributed by atoms with Gasteiger partial charge in [0.15, 0.2) is 0 Å². The molecule has 0 bridgehead atoms. The smallest absolute Gasteiger partial charge is 0.0662 e. The van der Waals surface area contributed by atoms with Crippen molar-refractivity contribution in [1.82, 2.24) is 5.32 Å². The van der Waals surface area contributed by atoms with Gasteiger partial charge in [-0.1, -0.05) is 51.0 Å². The van der Waals surface area contributed by atoms with Crippen molar-refractivity contribution in [2.45, 2.75) is 52.1 Å². The maximum atomic E-state index is 5.37. The quantitative estimate of drug-likeness (QED) is 0.780. The minimum absolute atomic E-state index is 0.104. The summed E-state index contributed by atoms with van der Waals surface area (Å²) in [6, 6.07) is 9.16. The van der Waals surface area contributed by atoms with E-state index in [1.54, 1.807) is 0 Å². The predicted octanol–water partition coefficient (Wildman–Crippen LogP) is 3.66. The fraction of sp³-hybridized carbons (Fsp3) is 0.500. The molecule has 0 fully saturated rings.